The third-order valence-electron chi connectivity index (χ3n) is 5.75. The average Bonchev–Trinajstić information content (AvgIpc) is 2.90. The van der Waals surface area contributed by atoms with E-state index in [1.54, 1.807) is 6.07 Å². The molecule has 5 rings (SSSR count). The summed E-state index contributed by atoms with van der Waals surface area (Å²) in [6, 6.07) is 15.5. The van der Waals surface area contributed by atoms with Crippen LogP contribution >= 0.6 is 0 Å². The molecule has 0 aliphatic carbocycles. The zero-order valence-electron chi connectivity index (χ0n) is 16.2. The lowest BCUT2D eigenvalue weighted by Crippen LogP contribution is -2.45. The van der Waals surface area contributed by atoms with Gasteiger partial charge in [0.05, 0.1) is 5.69 Å². The maximum absolute atomic E-state index is 14.1. The number of halogens is 1. The Labute approximate surface area is 167 Å². The molecule has 2 aliphatic heterocycles. The second kappa shape index (κ2) is 5.77. The second-order valence-corrected chi connectivity index (χ2v) is 7.67. The van der Waals surface area contributed by atoms with E-state index in [1.165, 1.54) is 19.1 Å². The van der Waals surface area contributed by atoms with E-state index < -0.39 is 23.0 Å². The van der Waals surface area contributed by atoms with Crippen molar-refractivity contribution in [3.05, 3.63) is 88.2 Å². The van der Waals surface area contributed by atoms with Gasteiger partial charge in [-0.1, -0.05) is 30.3 Å². The fraction of sp³-hybridized carbons (Fsp3) is 0.167. The first-order valence-electron chi connectivity index (χ1n) is 9.39. The van der Waals surface area contributed by atoms with Gasteiger partial charge < -0.3 is 4.74 Å². The molecule has 1 spiro atoms. The largest absolute Gasteiger partial charge is 0.457 e. The maximum atomic E-state index is 14.1. The number of benzene rings is 3. The standard InChI is InChI=1S/C24H18FNO3/c1-13-4-7-18-21(10-13)29-22-11-14(2)5-8-19(22)24(18)17-9-6-16(25)12-20(17)26(15(3)27)23(24)28/h4-12H,1-3H3. The van der Waals surface area contributed by atoms with Gasteiger partial charge in [-0.3, -0.25) is 9.59 Å². The van der Waals surface area contributed by atoms with Crippen LogP contribution in [0, 0.1) is 19.7 Å². The minimum absolute atomic E-state index is 0.280. The Balaban J connectivity index is 1.95. The summed E-state index contributed by atoms with van der Waals surface area (Å²) < 4.78 is 20.3. The highest BCUT2D eigenvalue weighted by molar-refractivity contribution is 6.25. The van der Waals surface area contributed by atoms with Crippen molar-refractivity contribution in [3.63, 3.8) is 0 Å². The number of carbonyl (C=O) groups is 2. The Morgan fingerprint density at radius 2 is 1.45 bits per heavy atom. The molecule has 0 radical (unpaired) electrons. The molecule has 0 atom stereocenters. The van der Waals surface area contributed by atoms with E-state index in [2.05, 4.69) is 0 Å². The minimum atomic E-state index is -1.26. The molecule has 2 amide bonds. The molecular weight excluding hydrogens is 369 g/mol. The Morgan fingerprint density at radius 1 is 0.897 bits per heavy atom. The molecule has 2 aliphatic rings. The smallest absolute Gasteiger partial charge is 0.253 e. The van der Waals surface area contributed by atoms with Crippen LogP contribution in [0.2, 0.25) is 0 Å². The molecular formula is C24H18FNO3. The van der Waals surface area contributed by atoms with Crippen LogP contribution in [-0.4, -0.2) is 11.8 Å². The summed E-state index contributed by atoms with van der Waals surface area (Å²) in [5, 5.41) is 0. The van der Waals surface area contributed by atoms with Crippen LogP contribution in [0.1, 0.15) is 34.7 Å². The molecule has 144 valence electrons. The van der Waals surface area contributed by atoms with E-state index in [-0.39, 0.29) is 5.69 Å². The predicted octanol–water partition coefficient (Wildman–Crippen LogP) is 4.78. The summed E-state index contributed by atoms with van der Waals surface area (Å²) in [5.74, 6) is -0.230. The van der Waals surface area contributed by atoms with Crippen LogP contribution in [0.5, 0.6) is 11.5 Å². The molecule has 0 fully saturated rings. The van der Waals surface area contributed by atoms with Gasteiger partial charge >= 0.3 is 0 Å². The highest BCUT2D eigenvalue weighted by Crippen LogP contribution is 2.58. The third kappa shape index (κ3) is 2.18. The Morgan fingerprint density at radius 3 is 2.00 bits per heavy atom. The summed E-state index contributed by atoms with van der Waals surface area (Å²) in [6.07, 6.45) is 0. The molecule has 4 nitrogen and oxygen atoms in total. The van der Waals surface area contributed by atoms with Gasteiger partial charge in [-0.15, -0.1) is 0 Å². The van der Waals surface area contributed by atoms with E-state index in [0.717, 1.165) is 16.0 Å². The van der Waals surface area contributed by atoms with Gasteiger partial charge in [-0.2, -0.15) is 0 Å². The van der Waals surface area contributed by atoms with Crippen molar-refractivity contribution in [3.8, 4) is 11.5 Å². The van der Waals surface area contributed by atoms with E-state index >= 15 is 0 Å². The van der Waals surface area contributed by atoms with Gasteiger partial charge in [0.2, 0.25) is 5.91 Å². The number of amides is 2. The number of carbonyl (C=O) groups excluding carboxylic acids is 2. The van der Waals surface area contributed by atoms with Crippen LogP contribution in [0.4, 0.5) is 10.1 Å². The Hall–Kier alpha value is -3.47. The maximum Gasteiger partial charge on any atom is 0.253 e. The third-order valence-corrected chi connectivity index (χ3v) is 5.75. The monoisotopic (exact) mass is 387 g/mol. The SMILES string of the molecule is CC(=O)N1C(=O)C2(c3ccc(C)cc3Oc3cc(C)ccc32)c2ccc(F)cc21. The number of nitrogens with zero attached hydrogens (tertiary/aromatic N) is 1. The molecule has 3 aromatic rings. The molecule has 0 bridgehead atoms. The molecule has 29 heavy (non-hydrogen) atoms. The molecule has 0 unspecified atom stereocenters. The van der Waals surface area contributed by atoms with Gasteiger partial charge in [0.1, 0.15) is 22.7 Å². The predicted molar refractivity (Wildman–Crippen MR) is 107 cm³/mol. The van der Waals surface area contributed by atoms with E-state index in [4.69, 9.17) is 4.74 Å². The minimum Gasteiger partial charge on any atom is -0.457 e. The summed E-state index contributed by atoms with van der Waals surface area (Å²) >= 11 is 0. The van der Waals surface area contributed by atoms with Gasteiger partial charge in [-0.25, -0.2) is 9.29 Å². The van der Waals surface area contributed by atoms with Crippen LogP contribution in [0.15, 0.2) is 54.6 Å². The zero-order chi connectivity index (χ0) is 20.5. The van der Waals surface area contributed by atoms with Crippen molar-refractivity contribution in [2.75, 3.05) is 4.90 Å². The lowest BCUT2D eigenvalue weighted by Gasteiger charge is -2.36. The van der Waals surface area contributed by atoms with Crippen molar-refractivity contribution in [1.29, 1.82) is 0 Å². The molecule has 3 aromatic carbocycles. The van der Waals surface area contributed by atoms with Crippen molar-refractivity contribution in [2.45, 2.75) is 26.2 Å². The Kier molecular flexibility index (Phi) is 3.50. The van der Waals surface area contributed by atoms with Crippen molar-refractivity contribution in [2.24, 2.45) is 0 Å². The van der Waals surface area contributed by atoms with Gasteiger partial charge in [0.25, 0.3) is 5.91 Å². The number of rotatable bonds is 0. The molecule has 0 saturated carbocycles. The van der Waals surface area contributed by atoms with Crippen LogP contribution in [0.3, 0.4) is 0 Å². The highest BCUT2D eigenvalue weighted by atomic mass is 19.1. The number of imide groups is 1. The number of anilines is 1. The fourth-order valence-electron chi connectivity index (χ4n) is 4.54. The summed E-state index contributed by atoms with van der Waals surface area (Å²) in [7, 11) is 0. The van der Waals surface area contributed by atoms with E-state index in [1.807, 2.05) is 50.2 Å². The summed E-state index contributed by atoms with van der Waals surface area (Å²) in [5.41, 5.74) is 2.88. The molecule has 2 heterocycles. The first-order valence-corrected chi connectivity index (χ1v) is 9.39. The van der Waals surface area contributed by atoms with Crippen molar-refractivity contribution in [1.82, 2.24) is 0 Å². The fourth-order valence-corrected chi connectivity index (χ4v) is 4.54. The summed E-state index contributed by atoms with van der Waals surface area (Å²) in [6.45, 7) is 5.21. The number of hydrogen-bond donors (Lipinski definition) is 0. The quantitative estimate of drug-likeness (QED) is 0.558. The molecule has 0 saturated heterocycles. The number of fused-ring (bicyclic) bond motifs is 6. The van der Waals surface area contributed by atoms with Gasteiger partial charge in [0.15, 0.2) is 0 Å². The summed E-state index contributed by atoms with van der Waals surface area (Å²) in [4.78, 5) is 27.4. The van der Waals surface area contributed by atoms with Crippen LogP contribution in [0.25, 0.3) is 0 Å². The first kappa shape index (κ1) is 17.6. The molecule has 0 N–H and O–H groups in total. The average molecular weight is 387 g/mol. The number of hydrogen-bond acceptors (Lipinski definition) is 3. The molecule has 5 heteroatoms. The lowest BCUT2D eigenvalue weighted by molar-refractivity contribution is -0.126. The highest BCUT2D eigenvalue weighted by Gasteiger charge is 2.58. The zero-order valence-corrected chi connectivity index (χ0v) is 16.2. The first-order chi connectivity index (χ1) is 13.8. The molecule has 0 aromatic heterocycles. The second-order valence-electron chi connectivity index (χ2n) is 7.67. The normalized spacial score (nSPS) is 15.6. The van der Waals surface area contributed by atoms with Gasteiger partial charge in [0, 0.05) is 23.6 Å². The van der Waals surface area contributed by atoms with Crippen LogP contribution < -0.4 is 9.64 Å². The van der Waals surface area contributed by atoms with E-state index in [0.29, 0.717) is 28.2 Å². The Bertz CT molecular complexity index is 1180. The topological polar surface area (TPSA) is 46.6 Å². The number of aryl methyl sites for hydroxylation is 2. The number of ether oxygens (including phenoxy) is 1. The van der Waals surface area contributed by atoms with Crippen LogP contribution in [-0.2, 0) is 15.0 Å². The van der Waals surface area contributed by atoms with Gasteiger partial charge in [-0.05, 0) is 49.2 Å². The van der Waals surface area contributed by atoms with Crippen molar-refractivity contribution < 1.29 is 18.7 Å². The van der Waals surface area contributed by atoms with Crippen molar-refractivity contribution >= 4 is 17.5 Å². The lowest BCUT2D eigenvalue weighted by atomic mass is 9.68. The van der Waals surface area contributed by atoms with E-state index in [9.17, 15) is 14.0 Å².